The monoisotopic (exact) mass is 312 g/mol. The molecule has 2 unspecified atom stereocenters. The maximum Gasteiger partial charge on any atom is 0.0473 e. The van der Waals surface area contributed by atoms with Gasteiger partial charge in [0, 0.05) is 23.1 Å². The molecule has 1 aromatic carbocycles. The maximum atomic E-state index is 6.00. The molecule has 3 heteroatoms. The van der Waals surface area contributed by atoms with E-state index in [1.165, 1.54) is 15.6 Å². The SMILES string of the molecule is CCC(C)N(CC)C(CN)c1ccc(C)c(Br)c1. The molecular weight excluding hydrogens is 288 g/mol. The molecule has 0 spiro atoms. The number of nitrogens with two attached hydrogens (primary N) is 1. The summed E-state index contributed by atoms with van der Waals surface area (Å²) in [6.07, 6.45) is 1.15. The standard InChI is InChI=1S/C15H25BrN2/c1-5-12(4)18(6-2)15(10-17)13-8-7-11(3)14(16)9-13/h7-9,12,15H,5-6,10,17H2,1-4H3. The number of halogens is 1. The first-order valence-electron chi connectivity index (χ1n) is 6.76. The molecule has 2 nitrogen and oxygen atoms in total. The summed E-state index contributed by atoms with van der Waals surface area (Å²) in [6.45, 7) is 10.5. The lowest BCUT2D eigenvalue weighted by Crippen LogP contribution is -2.39. The van der Waals surface area contributed by atoms with Gasteiger partial charge in [0.2, 0.25) is 0 Å². The van der Waals surface area contributed by atoms with Crippen LogP contribution in [0.15, 0.2) is 22.7 Å². The van der Waals surface area contributed by atoms with Gasteiger partial charge in [0.1, 0.15) is 0 Å². The van der Waals surface area contributed by atoms with Crippen molar-refractivity contribution in [2.45, 2.75) is 46.2 Å². The number of benzene rings is 1. The van der Waals surface area contributed by atoms with Gasteiger partial charge in [0.25, 0.3) is 0 Å². The summed E-state index contributed by atoms with van der Waals surface area (Å²) in [7, 11) is 0. The fourth-order valence-corrected chi connectivity index (χ4v) is 2.75. The van der Waals surface area contributed by atoms with E-state index in [-0.39, 0.29) is 0 Å². The molecule has 18 heavy (non-hydrogen) atoms. The Hall–Kier alpha value is -0.380. The van der Waals surface area contributed by atoms with Gasteiger partial charge in [-0.05, 0) is 44.0 Å². The molecule has 0 aliphatic carbocycles. The molecule has 0 saturated heterocycles. The molecule has 0 aromatic heterocycles. The van der Waals surface area contributed by atoms with E-state index < -0.39 is 0 Å². The Bertz CT molecular complexity index is 379. The Kier molecular flexibility index (Phi) is 6.33. The highest BCUT2D eigenvalue weighted by molar-refractivity contribution is 9.10. The van der Waals surface area contributed by atoms with Gasteiger partial charge < -0.3 is 5.73 Å². The molecule has 2 N–H and O–H groups in total. The molecule has 1 aromatic rings. The van der Waals surface area contributed by atoms with E-state index >= 15 is 0 Å². The molecule has 0 radical (unpaired) electrons. The first-order chi connectivity index (χ1) is 8.54. The molecular formula is C15H25BrN2. The van der Waals surface area contributed by atoms with Crippen molar-refractivity contribution in [1.82, 2.24) is 4.90 Å². The zero-order chi connectivity index (χ0) is 13.7. The van der Waals surface area contributed by atoms with Crippen molar-refractivity contribution < 1.29 is 0 Å². The average molecular weight is 313 g/mol. The number of likely N-dealkylation sites (N-methyl/N-ethyl adjacent to an activating group) is 1. The van der Waals surface area contributed by atoms with Gasteiger partial charge in [-0.25, -0.2) is 0 Å². The molecule has 0 bridgehead atoms. The summed E-state index contributed by atoms with van der Waals surface area (Å²) in [5.41, 5.74) is 8.57. The Morgan fingerprint density at radius 2 is 2.00 bits per heavy atom. The van der Waals surface area contributed by atoms with Gasteiger partial charge in [-0.3, -0.25) is 4.90 Å². The number of aryl methyl sites for hydroxylation is 1. The summed E-state index contributed by atoms with van der Waals surface area (Å²) < 4.78 is 1.17. The van der Waals surface area contributed by atoms with Crippen LogP contribution in [0, 0.1) is 6.92 Å². The summed E-state index contributed by atoms with van der Waals surface area (Å²) in [6, 6.07) is 7.43. The van der Waals surface area contributed by atoms with Gasteiger partial charge >= 0.3 is 0 Å². The second kappa shape index (κ2) is 7.27. The number of hydrogen-bond donors (Lipinski definition) is 1. The third-order valence-electron chi connectivity index (χ3n) is 3.73. The molecule has 0 aliphatic rings. The van der Waals surface area contributed by atoms with E-state index in [0.29, 0.717) is 18.6 Å². The topological polar surface area (TPSA) is 29.3 Å². The van der Waals surface area contributed by atoms with Gasteiger partial charge in [0.05, 0.1) is 0 Å². The maximum absolute atomic E-state index is 6.00. The zero-order valence-corrected chi connectivity index (χ0v) is 13.5. The number of nitrogens with zero attached hydrogens (tertiary/aromatic N) is 1. The number of rotatable bonds is 6. The quantitative estimate of drug-likeness (QED) is 0.863. The molecule has 0 saturated carbocycles. The first-order valence-corrected chi connectivity index (χ1v) is 7.56. The smallest absolute Gasteiger partial charge is 0.0473 e. The minimum absolute atomic E-state index is 0.307. The molecule has 0 fully saturated rings. The van der Waals surface area contributed by atoms with E-state index in [4.69, 9.17) is 5.73 Å². The second-order valence-electron chi connectivity index (χ2n) is 4.85. The molecule has 0 heterocycles. The summed E-state index contributed by atoms with van der Waals surface area (Å²) in [5.74, 6) is 0. The van der Waals surface area contributed by atoms with Crippen LogP contribution in [0.5, 0.6) is 0 Å². The van der Waals surface area contributed by atoms with Crippen LogP contribution >= 0.6 is 15.9 Å². The van der Waals surface area contributed by atoms with Crippen LogP contribution in [0.2, 0.25) is 0 Å². The highest BCUT2D eigenvalue weighted by Crippen LogP contribution is 2.27. The van der Waals surface area contributed by atoms with E-state index in [1.807, 2.05) is 0 Å². The highest BCUT2D eigenvalue weighted by Gasteiger charge is 2.21. The van der Waals surface area contributed by atoms with Crippen LogP contribution in [-0.2, 0) is 0 Å². The predicted octanol–water partition coefficient (Wildman–Crippen LogP) is 3.88. The molecule has 0 aliphatic heterocycles. The number of hydrogen-bond acceptors (Lipinski definition) is 2. The summed E-state index contributed by atoms with van der Waals surface area (Å²) in [5, 5.41) is 0. The average Bonchev–Trinajstić information content (AvgIpc) is 2.38. The van der Waals surface area contributed by atoms with Crippen LogP contribution < -0.4 is 5.73 Å². The minimum Gasteiger partial charge on any atom is -0.329 e. The summed E-state index contributed by atoms with van der Waals surface area (Å²) in [4.78, 5) is 2.48. The van der Waals surface area contributed by atoms with Crippen molar-refractivity contribution in [3.63, 3.8) is 0 Å². The predicted molar refractivity (Wildman–Crippen MR) is 82.8 cm³/mol. The van der Waals surface area contributed by atoms with Crippen molar-refractivity contribution in [2.75, 3.05) is 13.1 Å². The van der Waals surface area contributed by atoms with Crippen molar-refractivity contribution >= 4 is 15.9 Å². The van der Waals surface area contributed by atoms with Crippen LogP contribution in [0.25, 0.3) is 0 Å². The zero-order valence-electron chi connectivity index (χ0n) is 11.9. The molecule has 1 rings (SSSR count). The summed E-state index contributed by atoms with van der Waals surface area (Å²) >= 11 is 3.61. The van der Waals surface area contributed by atoms with Crippen LogP contribution in [-0.4, -0.2) is 24.0 Å². The van der Waals surface area contributed by atoms with E-state index in [9.17, 15) is 0 Å². The Balaban J connectivity index is 3.03. The van der Waals surface area contributed by atoms with Crippen molar-refractivity contribution in [2.24, 2.45) is 5.73 Å². The Morgan fingerprint density at radius 1 is 1.33 bits per heavy atom. The van der Waals surface area contributed by atoms with Gasteiger partial charge in [0.15, 0.2) is 0 Å². The van der Waals surface area contributed by atoms with E-state index in [2.05, 4.69) is 66.7 Å². The van der Waals surface area contributed by atoms with Crippen molar-refractivity contribution in [3.05, 3.63) is 33.8 Å². The first kappa shape index (κ1) is 15.7. The van der Waals surface area contributed by atoms with Crippen LogP contribution in [0.1, 0.15) is 44.4 Å². The fraction of sp³-hybridized carbons (Fsp3) is 0.600. The lowest BCUT2D eigenvalue weighted by molar-refractivity contribution is 0.152. The van der Waals surface area contributed by atoms with Gasteiger partial charge in [-0.1, -0.05) is 41.9 Å². The van der Waals surface area contributed by atoms with Gasteiger partial charge in [-0.15, -0.1) is 0 Å². The van der Waals surface area contributed by atoms with Crippen molar-refractivity contribution in [3.8, 4) is 0 Å². The van der Waals surface area contributed by atoms with E-state index in [0.717, 1.165) is 13.0 Å². The largest absolute Gasteiger partial charge is 0.329 e. The van der Waals surface area contributed by atoms with Crippen LogP contribution in [0.3, 0.4) is 0 Å². The second-order valence-corrected chi connectivity index (χ2v) is 5.70. The lowest BCUT2D eigenvalue weighted by atomic mass is 10.0. The normalized spacial score (nSPS) is 14.8. The van der Waals surface area contributed by atoms with Crippen molar-refractivity contribution in [1.29, 1.82) is 0 Å². The van der Waals surface area contributed by atoms with E-state index in [1.54, 1.807) is 0 Å². The molecule has 102 valence electrons. The third-order valence-corrected chi connectivity index (χ3v) is 4.58. The fourth-order valence-electron chi connectivity index (χ4n) is 2.35. The highest BCUT2D eigenvalue weighted by atomic mass is 79.9. The molecule has 2 atom stereocenters. The van der Waals surface area contributed by atoms with Crippen LogP contribution in [0.4, 0.5) is 0 Å². The minimum atomic E-state index is 0.307. The molecule has 0 amide bonds. The Morgan fingerprint density at radius 3 is 2.44 bits per heavy atom. The van der Waals surface area contributed by atoms with Gasteiger partial charge in [-0.2, -0.15) is 0 Å². The lowest BCUT2D eigenvalue weighted by Gasteiger charge is -2.35. The Labute approximate surface area is 120 Å². The third kappa shape index (κ3) is 3.56.